The van der Waals surface area contributed by atoms with Crippen molar-refractivity contribution in [3.05, 3.63) is 30.5 Å². The Hall–Kier alpha value is -1.95. The van der Waals surface area contributed by atoms with Crippen molar-refractivity contribution in [3.63, 3.8) is 0 Å². The fourth-order valence-electron chi connectivity index (χ4n) is 3.01. The van der Waals surface area contributed by atoms with Crippen LogP contribution >= 0.6 is 0 Å². The van der Waals surface area contributed by atoms with Crippen LogP contribution in [0, 0.1) is 0 Å². The lowest BCUT2D eigenvalue weighted by molar-refractivity contribution is -0.121. The summed E-state index contributed by atoms with van der Waals surface area (Å²) >= 11 is 0. The highest BCUT2D eigenvalue weighted by molar-refractivity contribution is 5.75. The van der Waals surface area contributed by atoms with Crippen molar-refractivity contribution in [3.8, 4) is 0 Å². The van der Waals surface area contributed by atoms with E-state index in [-0.39, 0.29) is 5.91 Å². The average Bonchev–Trinajstić information content (AvgIpc) is 3.20. The number of nitrogens with one attached hydrogen (secondary N) is 1. The summed E-state index contributed by atoms with van der Waals surface area (Å²) in [6, 6.07) is 0.495. The lowest BCUT2D eigenvalue weighted by atomic mass is 10.1. The van der Waals surface area contributed by atoms with E-state index in [1.54, 1.807) is 18.6 Å². The van der Waals surface area contributed by atoms with E-state index in [0.717, 1.165) is 17.8 Å². The standard InChI is InChI=1S/C16H23N5O/c1-13(20-7-2-3-8-20)4-5-16(22)19-11-14-10-18-15-12-17-6-9-21(14)15/h6,9-10,12-13H,2-5,7-8,11H2,1H3,(H,19,22)/t13-/m0/s1. The minimum Gasteiger partial charge on any atom is -0.350 e. The number of rotatable bonds is 6. The Bertz CT molecular complexity index is 632. The van der Waals surface area contributed by atoms with Crippen LogP contribution in [0.2, 0.25) is 0 Å². The molecule has 118 valence electrons. The van der Waals surface area contributed by atoms with Gasteiger partial charge < -0.3 is 10.2 Å². The first-order valence-corrected chi connectivity index (χ1v) is 8.01. The first-order valence-electron chi connectivity index (χ1n) is 8.01. The number of aromatic nitrogens is 3. The average molecular weight is 301 g/mol. The smallest absolute Gasteiger partial charge is 0.220 e. The van der Waals surface area contributed by atoms with Gasteiger partial charge in [0.25, 0.3) is 0 Å². The predicted octanol–water partition coefficient (Wildman–Crippen LogP) is 1.61. The summed E-state index contributed by atoms with van der Waals surface area (Å²) in [4.78, 5) is 22.8. The van der Waals surface area contributed by atoms with Crippen LogP contribution in [-0.2, 0) is 11.3 Å². The SMILES string of the molecule is C[C@@H](CCC(=O)NCc1cnc2cnccn12)N1CCCC1. The summed E-state index contributed by atoms with van der Waals surface area (Å²) in [5.41, 5.74) is 1.77. The third kappa shape index (κ3) is 3.44. The van der Waals surface area contributed by atoms with Crippen LogP contribution < -0.4 is 5.32 Å². The van der Waals surface area contributed by atoms with Crippen LogP contribution in [0.1, 0.15) is 38.3 Å². The minimum absolute atomic E-state index is 0.107. The topological polar surface area (TPSA) is 62.5 Å². The fraction of sp³-hybridized carbons (Fsp3) is 0.562. The van der Waals surface area contributed by atoms with Crippen molar-refractivity contribution in [2.24, 2.45) is 0 Å². The molecular weight excluding hydrogens is 278 g/mol. The molecule has 0 aliphatic carbocycles. The van der Waals surface area contributed by atoms with E-state index < -0.39 is 0 Å². The molecule has 1 saturated heterocycles. The summed E-state index contributed by atoms with van der Waals surface area (Å²) in [5, 5.41) is 2.98. The molecule has 6 heteroatoms. The third-order valence-electron chi connectivity index (χ3n) is 4.41. The van der Waals surface area contributed by atoms with Gasteiger partial charge in [-0.2, -0.15) is 0 Å². The molecule has 1 aliphatic rings. The van der Waals surface area contributed by atoms with Gasteiger partial charge in [0.15, 0.2) is 5.65 Å². The first kappa shape index (κ1) is 15.0. The van der Waals surface area contributed by atoms with Gasteiger partial charge in [-0.05, 0) is 39.3 Å². The molecule has 1 fully saturated rings. The number of likely N-dealkylation sites (tertiary alicyclic amines) is 1. The van der Waals surface area contributed by atoms with E-state index in [1.165, 1.54) is 25.9 Å². The van der Waals surface area contributed by atoms with Crippen LogP contribution in [0.25, 0.3) is 5.65 Å². The van der Waals surface area contributed by atoms with E-state index in [0.29, 0.717) is 19.0 Å². The molecule has 6 nitrogen and oxygen atoms in total. The highest BCUT2D eigenvalue weighted by atomic mass is 16.1. The van der Waals surface area contributed by atoms with Gasteiger partial charge in [0.2, 0.25) is 5.91 Å². The Labute approximate surface area is 130 Å². The van der Waals surface area contributed by atoms with Gasteiger partial charge in [-0.15, -0.1) is 0 Å². The van der Waals surface area contributed by atoms with Gasteiger partial charge in [-0.3, -0.25) is 14.2 Å². The zero-order valence-corrected chi connectivity index (χ0v) is 13.0. The number of amides is 1. The van der Waals surface area contributed by atoms with E-state index in [9.17, 15) is 4.79 Å². The molecule has 0 bridgehead atoms. The molecule has 22 heavy (non-hydrogen) atoms. The van der Waals surface area contributed by atoms with Crippen LogP contribution in [0.4, 0.5) is 0 Å². The fourth-order valence-corrected chi connectivity index (χ4v) is 3.01. The molecule has 2 aromatic rings. The maximum Gasteiger partial charge on any atom is 0.220 e. The maximum atomic E-state index is 12.0. The number of nitrogens with zero attached hydrogens (tertiary/aromatic N) is 4. The van der Waals surface area contributed by atoms with Crippen molar-refractivity contribution in [1.29, 1.82) is 0 Å². The number of imidazole rings is 1. The molecule has 1 N–H and O–H groups in total. The quantitative estimate of drug-likeness (QED) is 0.880. The summed E-state index contributed by atoms with van der Waals surface area (Å²) in [5.74, 6) is 0.107. The van der Waals surface area contributed by atoms with Gasteiger partial charge in [-0.25, -0.2) is 4.98 Å². The van der Waals surface area contributed by atoms with E-state index >= 15 is 0 Å². The Balaban J connectivity index is 1.46. The normalized spacial score (nSPS) is 17.0. The van der Waals surface area contributed by atoms with Crippen LogP contribution in [-0.4, -0.2) is 44.3 Å². The van der Waals surface area contributed by atoms with Crippen LogP contribution in [0.3, 0.4) is 0 Å². The molecule has 1 atom stereocenters. The zero-order chi connectivity index (χ0) is 15.4. The summed E-state index contributed by atoms with van der Waals surface area (Å²) in [7, 11) is 0. The lowest BCUT2D eigenvalue weighted by Gasteiger charge is -2.23. The maximum absolute atomic E-state index is 12.0. The monoisotopic (exact) mass is 301 g/mol. The summed E-state index contributed by atoms with van der Waals surface area (Å²) in [6.07, 6.45) is 11.2. The molecule has 2 aromatic heterocycles. The van der Waals surface area contributed by atoms with Gasteiger partial charge in [-0.1, -0.05) is 0 Å². The second kappa shape index (κ2) is 6.87. The van der Waals surface area contributed by atoms with Crippen molar-refractivity contribution in [2.75, 3.05) is 13.1 Å². The van der Waals surface area contributed by atoms with E-state index in [1.807, 2.05) is 10.6 Å². The number of carbonyl (C=O) groups excluding carboxylic acids is 1. The van der Waals surface area contributed by atoms with Crippen molar-refractivity contribution in [2.45, 2.75) is 45.2 Å². The number of hydrogen-bond acceptors (Lipinski definition) is 4. The van der Waals surface area contributed by atoms with Crippen LogP contribution in [0.15, 0.2) is 24.8 Å². The molecular formula is C16H23N5O. The molecule has 1 aliphatic heterocycles. The molecule has 3 heterocycles. The molecule has 0 radical (unpaired) electrons. The predicted molar refractivity (Wildman–Crippen MR) is 84.3 cm³/mol. The van der Waals surface area contributed by atoms with Gasteiger partial charge in [0.05, 0.1) is 24.6 Å². The molecule has 0 unspecified atom stereocenters. The second-order valence-electron chi connectivity index (χ2n) is 5.96. The summed E-state index contributed by atoms with van der Waals surface area (Å²) < 4.78 is 1.94. The zero-order valence-electron chi connectivity index (χ0n) is 13.0. The third-order valence-corrected chi connectivity index (χ3v) is 4.41. The van der Waals surface area contributed by atoms with E-state index in [2.05, 4.69) is 27.1 Å². The van der Waals surface area contributed by atoms with Gasteiger partial charge >= 0.3 is 0 Å². The highest BCUT2D eigenvalue weighted by Crippen LogP contribution is 2.14. The highest BCUT2D eigenvalue weighted by Gasteiger charge is 2.18. The largest absolute Gasteiger partial charge is 0.350 e. The second-order valence-corrected chi connectivity index (χ2v) is 5.96. The number of hydrogen-bond donors (Lipinski definition) is 1. The Morgan fingerprint density at radius 1 is 1.36 bits per heavy atom. The van der Waals surface area contributed by atoms with Crippen molar-refractivity contribution >= 4 is 11.6 Å². The lowest BCUT2D eigenvalue weighted by Crippen LogP contribution is -2.32. The van der Waals surface area contributed by atoms with Crippen LogP contribution in [0.5, 0.6) is 0 Å². The molecule has 1 amide bonds. The molecule has 0 aromatic carbocycles. The number of fused-ring (bicyclic) bond motifs is 1. The minimum atomic E-state index is 0.107. The molecule has 0 spiro atoms. The van der Waals surface area contributed by atoms with Gasteiger partial charge in [0, 0.05) is 24.9 Å². The first-order chi connectivity index (χ1) is 10.7. The number of carbonyl (C=O) groups is 1. The van der Waals surface area contributed by atoms with Crippen molar-refractivity contribution in [1.82, 2.24) is 24.6 Å². The Morgan fingerprint density at radius 2 is 2.18 bits per heavy atom. The van der Waals surface area contributed by atoms with Gasteiger partial charge in [0.1, 0.15) is 0 Å². The Morgan fingerprint density at radius 3 is 3.00 bits per heavy atom. The molecule has 3 rings (SSSR count). The van der Waals surface area contributed by atoms with Crippen molar-refractivity contribution < 1.29 is 4.79 Å². The van der Waals surface area contributed by atoms with E-state index in [4.69, 9.17) is 0 Å². The molecule has 0 saturated carbocycles. The Kier molecular flexibility index (Phi) is 4.68. The summed E-state index contributed by atoms with van der Waals surface area (Å²) in [6.45, 7) is 5.08.